The molecule has 0 bridgehead atoms. The van der Waals surface area contributed by atoms with Crippen LogP contribution in [0.4, 0.5) is 0 Å². The topological polar surface area (TPSA) is 167 Å². The molecule has 0 saturated carbocycles. The first-order valence-electron chi connectivity index (χ1n) is 9.67. The fraction of sp³-hybridized carbons (Fsp3) is 0.174. The molecule has 176 valence electrons. The van der Waals surface area contributed by atoms with Gasteiger partial charge in [-0.05, 0) is 19.1 Å². The van der Waals surface area contributed by atoms with Gasteiger partial charge in [0, 0.05) is 32.9 Å². The van der Waals surface area contributed by atoms with Crippen molar-refractivity contribution >= 4 is 34.7 Å². The van der Waals surface area contributed by atoms with Gasteiger partial charge < -0.3 is 28.8 Å². The Bertz CT molecular complexity index is 1430. The van der Waals surface area contributed by atoms with Gasteiger partial charge >= 0.3 is 17.9 Å². The third-order valence-electron chi connectivity index (χ3n) is 4.38. The molecule has 0 amide bonds. The van der Waals surface area contributed by atoms with E-state index < -0.39 is 57.5 Å². The van der Waals surface area contributed by atoms with Crippen molar-refractivity contribution in [3.63, 3.8) is 0 Å². The van der Waals surface area contributed by atoms with Crippen molar-refractivity contribution in [3.05, 3.63) is 40.1 Å². The van der Waals surface area contributed by atoms with Crippen molar-refractivity contribution in [1.29, 1.82) is 0 Å². The largest absolute Gasteiger partial charge is 0.508 e. The molecule has 11 nitrogen and oxygen atoms in total. The summed E-state index contributed by atoms with van der Waals surface area (Å²) in [4.78, 5) is 61.0. The summed E-state index contributed by atoms with van der Waals surface area (Å²) in [7, 11) is 0. The van der Waals surface area contributed by atoms with Gasteiger partial charge in [0.2, 0.25) is 11.2 Å². The number of hydrogen-bond acceptors (Lipinski definition) is 11. The van der Waals surface area contributed by atoms with E-state index in [2.05, 4.69) is 0 Å². The van der Waals surface area contributed by atoms with E-state index in [1.807, 2.05) is 0 Å². The van der Waals surface area contributed by atoms with Crippen LogP contribution in [-0.4, -0.2) is 33.9 Å². The van der Waals surface area contributed by atoms with E-state index in [1.165, 1.54) is 12.1 Å². The SMILES string of the molecule is CC(=O)Oc1cc2oc(-c3ccc(O)cc3O)c(OC(C)=O)c(=O)c2c(OC(C)=O)c1C(C)=O. The Hall–Kier alpha value is -4.67. The fourth-order valence-electron chi connectivity index (χ4n) is 3.22. The molecule has 3 aromatic rings. The van der Waals surface area contributed by atoms with E-state index in [4.69, 9.17) is 18.6 Å². The maximum atomic E-state index is 13.5. The van der Waals surface area contributed by atoms with Crippen LogP contribution in [0.3, 0.4) is 0 Å². The second-order valence-electron chi connectivity index (χ2n) is 7.08. The molecule has 0 aliphatic rings. The maximum Gasteiger partial charge on any atom is 0.308 e. The van der Waals surface area contributed by atoms with Crippen molar-refractivity contribution in [1.82, 2.24) is 0 Å². The van der Waals surface area contributed by atoms with Crippen LogP contribution in [0.2, 0.25) is 0 Å². The molecule has 0 radical (unpaired) electrons. The van der Waals surface area contributed by atoms with Gasteiger partial charge in [0.25, 0.3) is 0 Å². The standard InChI is InChI=1S/C23H18O11/c1-9(24)18-16(31-10(2)25)8-17-19(22(18)32-11(3)26)20(30)23(33-12(4)27)21(34-17)14-6-5-13(28)7-15(14)29/h5-8,28-29H,1-4H3. The number of carbonyl (C=O) groups excluding carboxylic acids is 4. The molecule has 2 aromatic carbocycles. The molecule has 0 saturated heterocycles. The first-order valence-corrected chi connectivity index (χ1v) is 9.67. The number of ketones is 1. The number of fused-ring (bicyclic) bond motifs is 1. The first-order chi connectivity index (χ1) is 15.9. The summed E-state index contributed by atoms with van der Waals surface area (Å²) in [6, 6.07) is 4.40. The molecule has 1 aromatic heterocycles. The van der Waals surface area contributed by atoms with Gasteiger partial charge in [-0.25, -0.2) is 0 Å². The summed E-state index contributed by atoms with van der Waals surface area (Å²) >= 11 is 0. The highest BCUT2D eigenvalue weighted by Crippen LogP contribution is 2.42. The summed E-state index contributed by atoms with van der Waals surface area (Å²) in [6.45, 7) is 4.20. The van der Waals surface area contributed by atoms with Crippen molar-refractivity contribution in [2.24, 2.45) is 0 Å². The molecule has 11 heteroatoms. The Morgan fingerprint density at radius 1 is 0.824 bits per heavy atom. The number of rotatable bonds is 5. The van der Waals surface area contributed by atoms with Crippen molar-refractivity contribution in [2.75, 3.05) is 0 Å². The van der Waals surface area contributed by atoms with Crippen molar-refractivity contribution in [2.45, 2.75) is 27.7 Å². The highest BCUT2D eigenvalue weighted by atomic mass is 16.6. The van der Waals surface area contributed by atoms with E-state index in [1.54, 1.807) is 0 Å². The lowest BCUT2D eigenvalue weighted by atomic mass is 10.0. The third-order valence-corrected chi connectivity index (χ3v) is 4.38. The van der Waals surface area contributed by atoms with Crippen LogP contribution < -0.4 is 19.6 Å². The van der Waals surface area contributed by atoms with Crippen LogP contribution in [0.15, 0.2) is 33.5 Å². The molecule has 0 aliphatic heterocycles. The lowest BCUT2D eigenvalue weighted by Gasteiger charge is -2.16. The van der Waals surface area contributed by atoms with E-state index in [-0.39, 0.29) is 28.2 Å². The zero-order valence-electron chi connectivity index (χ0n) is 18.4. The molecule has 0 spiro atoms. The minimum absolute atomic E-state index is 0.133. The molecular weight excluding hydrogens is 452 g/mol. The van der Waals surface area contributed by atoms with Crippen LogP contribution >= 0.6 is 0 Å². The van der Waals surface area contributed by atoms with E-state index in [9.17, 15) is 34.2 Å². The second-order valence-corrected chi connectivity index (χ2v) is 7.08. The molecule has 3 rings (SSSR count). The molecule has 0 atom stereocenters. The summed E-state index contributed by atoms with van der Waals surface area (Å²) in [6.07, 6.45) is 0. The summed E-state index contributed by atoms with van der Waals surface area (Å²) in [5, 5.41) is 19.4. The number of benzene rings is 2. The quantitative estimate of drug-likeness (QED) is 0.320. The Morgan fingerprint density at radius 3 is 1.94 bits per heavy atom. The fourth-order valence-corrected chi connectivity index (χ4v) is 3.22. The number of aromatic hydroxyl groups is 2. The molecule has 0 fully saturated rings. The Kier molecular flexibility index (Phi) is 6.39. The smallest absolute Gasteiger partial charge is 0.308 e. The number of esters is 3. The van der Waals surface area contributed by atoms with Crippen molar-refractivity contribution < 1.29 is 48.0 Å². The number of phenolic OH excluding ortho intramolecular Hbond substituents is 2. The molecule has 0 aliphatic carbocycles. The minimum Gasteiger partial charge on any atom is -0.508 e. The van der Waals surface area contributed by atoms with Crippen LogP contribution in [0, 0.1) is 0 Å². The average Bonchev–Trinajstić information content (AvgIpc) is 2.68. The Balaban J connectivity index is 2.56. The van der Waals surface area contributed by atoms with Gasteiger partial charge in [-0.15, -0.1) is 0 Å². The van der Waals surface area contributed by atoms with Gasteiger partial charge in [-0.1, -0.05) is 0 Å². The van der Waals surface area contributed by atoms with E-state index in [0.717, 1.165) is 39.8 Å². The number of ether oxygens (including phenoxy) is 3. The van der Waals surface area contributed by atoms with Gasteiger partial charge in [0.15, 0.2) is 17.3 Å². The number of phenols is 2. The monoisotopic (exact) mass is 470 g/mol. The Morgan fingerprint density at radius 2 is 1.41 bits per heavy atom. The maximum absolute atomic E-state index is 13.5. The lowest BCUT2D eigenvalue weighted by Crippen LogP contribution is -2.17. The Labute approximate surface area is 191 Å². The third kappa shape index (κ3) is 4.58. The average molecular weight is 470 g/mol. The van der Waals surface area contributed by atoms with Crippen LogP contribution in [0.5, 0.6) is 28.7 Å². The van der Waals surface area contributed by atoms with Crippen molar-refractivity contribution in [3.8, 4) is 40.1 Å². The predicted octanol–water partition coefficient (Wildman–Crippen LogP) is 2.85. The highest BCUT2D eigenvalue weighted by molar-refractivity contribution is 6.07. The number of hydrogen-bond donors (Lipinski definition) is 2. The molecule has 34 heavy (non-hydrogen) atoms. The molecule has 1 heterocycles. The van der Waals surface area contributed by atoms with E-state index in [0.29, 0.717) is 0 Å². The molecule has 2 N–H and O–H groups in total. The number of carbonyl (C=O) groups is 4. The van der Waals surface area contributed by atoms with Gasteiger partial charge in [-0.3, -0.25) is 24.0 Å². The predicted molar refractivity (Wildman–Crippen MR) is 115 cm³/mol. The van der Waals surface area contributed by atoms with Crippen LogP contribution in [-0.2, 0) is 14.4 Å². The molecular formula is C23H18O11. The highest BCUT2D eigenvalue weighted by Gasteiger charge is 2.29. The first kappa shape index (κ1) is 24.0. The van der Waals surface area contributed by atoms with Crippen LogP contribution in [0.25, 0.3) is 22.3 Å². The summed E-state index contributed by atoms with van der Waals surface area (Å²) < 4.78 is 21.0. The lowest BCUT2D eigenvalue weighted by molar-refractivity contribution is -0.133. The molecule has 0 unspecified atom stereocenters. The van der Waals surface area contributed by atoms with E-state index >= 15 is 0 Å². The second kappa shape index (κ2) is 9.06. The minimum atomic E-state index is -1.02. The zero-order chi connectivity index (χ0) is 25.3. The van der Waals surface area contributed by atoms with Crippen LogP contribution in [0.1, 0.15) is 38.1 Å². The zero-order valence-corrected chi connectivity index (χ0v) is 18.4. The van der Waals surface area contributed by atoms with Gasteiger partial charge in [-0.2, -0.15) is 0 Å². The van der Waals surface area contributed by atoms with Gasteiger partial charge in [0.1, 0.15) is 33.8 Å². The normalized spacial score (nSPS) is 10.6. The summed E-state index contributed by atoms with van der Waals surface area (Å²) in [5.74, 6) is -6.15. The van der Waals surface area contributed by atoms with Gasteiger partial charge in [0.05, 0.1) is 5.56 Å². The number of Topliss-reactive ketones (excluding diaryl/α,β-unsaturated/α-hetero) is 1. The summed E-state index contributed by atoms with van der Waals surface area (Å²) in [5.41, 5.74) is -1.86.